The number of nitrogens with zero attached hydrogens (tertiary/aromatic N) is 1. The third-order valence-electron chi connectivity index (χ3n) is 3.85. The molecule has 0 heterocycles. The van der Waals surface area contributed by atoms with Crippen molar-refractivity contribution < 1.29 is 22.8 Å². The second-order valence-electron chi connectivity index (χ2n) is 5.91. The lowest BCUT2D eigenvalue weighted by Gasteiger charge is -2.16. The van der Waals surface area contributed by atoms with E-state index in [1.807, 2.05) is 6.07 Å². The van der Waals surface area contributed by atoms with Crippen LogP contribution in [-0.2, 0) is 28.6 Å². The molecule has 2 aromatic carbocycles. The largest absolute Gasteiger partial charge is 0.416 e. The van der Waals surface area contributed by atoms with Gasteiger partial charge in [0.15, 0.2) is 0 Å². The molecule has 140 valence electrons. The number of halogens is 3. The van der Waals surface area contributed by atoms with Gasteiger partial charge in [-0.05, 0) is 35.4 Å². The first-order valence-electron chi connectivity index (χ1n) is 7.93. The Labute approximate surface area is 153 Å². The van der Waals surface area contributed by atoms with Crippen molar-refractivity contribution in [2.24, 2.45) is 5.73 Å². The number of hydrogen-bond acceptors (Lipinski definition) is 3. The molecule has 0 unspecified atom stereocenters. The third kappa shape index (κ3) is 5.85. The van der Waals surface area contributed by atoms with Crippen molar-refractivity contribution in [3.63, 3.8) is 0 Å². The molecule has 27 heavy (non-hydrogen) atoms. The van der Waals surface area contributed by atoms with E-state index >= 15 is 0 Å². The highest BCUT2D eigenvalue weighted by atomic mass is 19.4. The number of rotatable bonds is 6. The zero-order chi connectivity index (χ0) is 20.0. The van der Waals surface area contributed by atoms with Crippen LogP contribution in [0, 0.1) is 11.3 Å². The fourth-order valence-corrected chi connectivity index (χ4v) is 2.42. The van der Waals surface area contributed by atoms with Gasteiger partial charge in [0, 0.05) is 6.42 Å². The second kappa shape index (κ2) is 8.36. The van der Waals surface area contributed by atoms with E-state index in [0.717, 1.165) is 12.1 Å². The molecule has 2 amide bonds. The van der Waals surface area contributed by atoms with Crippen molar-refractivity contribution >= 4 is 11.8 Å². The van der Waals surface area contributed by atoms with Gasteiger partial charge in [0.05, 0.1) is 23.6 Å². The number of nitrogens with two attached hydrogens (primary N) is 1. The predicted molar refractivity (Wildman–Crippen MR) is 91.1 cm³/mol. The monoisotopic (exact) mass is 375 g/mol. The maximum atomic E-state index is 12.5. The van der Waals surface area contributed by atoms with E-state index in [9.17, 15) is 22.8 Å². The van der Waals surface area contributed by atoms with E-state index in [1.54, 1.807) is 24.3 Å². The van der Waals surface area contributed by atoms with Crippen LogP contribution in [0.15, 0.2) is 48.5 Å². The molecule has 0 radical (unpaired) electrons. The fourth-order valence-electron chi connectivity index (χ4n) is 2.42. The zero-order valence-corrected chi connectivity index (χ0v) is 14.1. The van der Waals surface area contributed by atoms with Gasteiger partial charge in [-0.1, -0.05) is 24.3 Å². The maximum Gasteiger partial charge on any atom is 0.416 e. The second-order valence-corrected chi connectivity index (χ2v) is 5.91. The fraction of sp³-hybridized carbons (Fsp3) is 0.211. The van der Waals surface area contributed by atoms with E-state index < -0.39 is 29.6 Å². The van der Waals surface area contributed by atoms with Crippen LogP contribution >= 0.6 is 0 Å². The number of nitriles is 1. The highest BCUT2D eigenvalue weighted by molar-refractivity contribution is 5.87. The van der Waals surface area contributed by atoms with Crippen molar-refractivity contribution in [1.29, 1.82) is 5.26 Å². The van der Waals surface area contributed by atoms with Gasteiger partial charge in [-0.15, -0.1) is 0 Å². The molecule has 0 aliphatic heterocycles. The van der Waals surface area contributed by atoms with E-state index in [-0.39, 0.29) is 12.8 Å². The normalized spacial score (nSPS) is 12.1. The van der Waals surface area contributed by atoms with Crippen LogP contribution in [0.1, 0.15) is 22.3 Å². The molecule has 0 saturated carbocycles. The van der Waals surface area contributed by atoms with Crippen molar-refractivity contribution in [1.82, 2.24) is 5.32 Å². The van der Waals surface area contributed by atoms with Gasteiger partial charge >= 0.3 is 6.18 Å². The van der Waals surface area contributed by atoms with E-state index in [4.69, 9.17) is 11.0 Å². The molecule has 0 saturated heterocycles. The minimum absolute atomic E-state index is 0.139. The summed E-state index contributed by atoms with van der Waals surface area (Å²) in [5.41, 5.74) is 6.05. The first-order chi connectivity index (χ1) is 12.7. The van der Waals surface area contributed by atoms with Gasteiger partial charge in [0.1, 0.15) is 6.04 Å². The van der Waals surface area contributed by atoms with Gasteiger partial charge < -0.3 is 11.1 Å². The predicted octanol–water partition coefficient (Wildman–Crippen LogP) is 2.33. The Morgan fingerprint density at radius 1 is 1.04 bits per heavy atom. The standard InChI is InChI=1S/C19H16F3N3O2/c20-19(21,22)15-7-5-13(6-8-15)10-17(26)25-16(18(24)27)9-12-1-3-14(11-23)4-2-12/h1-8,16H,9-10H2,(H2,24,27)(H,25,26)/t16-/m1/s1. The average molecular weight is 375 g/mol. The molecule has 2 aromatic rings. The van der Waals surface area contributed by atoms with E-state index in [1.165, 1.54) is 12.1 Å². The summed E-state index contributed by atoms with van der Waals surface area (Å²) in [5, 5.41) is 11.3. The van der Waals surface area contributed by atoms with Crippen molar-refractivity contribution in [2.45, 2.75) is 25.1 Å². The van der Waals surface area contributed by atoms with Gasteiger partial charge in [-0.25, -0.2) is 0 Å². The van der Waals surface area contributed by atoms with Crippen molar-refractivity contribution in [2.75, 3.05) is 0 Å². The van der Waals surface area contributed by atoms with E-state index in [2.05, 4.69) is 5.32 Å². The molecule has 0 aromatic heterocycles. The Morgan fingerprint density at radius 3 is 2.07 bits per heavy atom. The molecule has 3 N–H and O–H groups in total. The van der Waals surface area contributed by atoms with Crippen LogP contribution in [0.2, 0.25) is 0 Å². The summed E-state index contributed by atoms with van der Waals surface area (Å²) >= 11 is 0. The van der Waals surface area contributed by atoms with Crippen LogP contribution in [-0.4, -0.2) is 17.9 Å². The van der Waals surface area contributed by atoms with Gasteiger partial charge in [0.2, 0.25) is 11.8 Å². The third-order valence-corrected chi connectivity index (χ3v) is 3.85. The molecule has 1 atom stereocenters. The van der Waals surface area contributed by atoms with Crippen LogP contribution in [0.4, 0.5) is 13.2 Å². The van der Waals surface area contributed by atoms with Crippen molar-refractivity contribution in [3.05, 3.63) is 70.8 Å². The summed E-state index contributed by atoms with van der Waals surface area (Å²) in [6.07, 6.45) is -4.49. The van der Waals surface area contributed by atoms with Crippen LogP contribution in [0.5, 0.6) is 0 Å². The van der Waals surface area contributed by atoms with Crippen molar-refractivity contribution in [3.8, 4) is 6.07 Å². The Balaban J connectivity index is 2.00. The molecule has 0 spiro atoms. The summed E-state index contributed by atoms with van der Waals surface area (Å²) in [6.45, 7) is 0. The molecule has 0 aliphatic rings. The van der Waals surface area contributed by atoms with Crippen LogP contribution in [0.3, 0.4) is 0 Å². The first kappa shape index (κ1) is 20.0. The smallest absolute Gasteiger partial charge is 0.368 e. The summed E-state index contributed by atoms with van der Waals surface area (Å²) in [5.74, 6) is -1.27. The minimum atomic E-state index is -4.45. The van der Waals surface area contributed by atoms with Crippen LogP contribution in [0.25, 0.3) is 0 Å². The highest BCUT2D eigenvalue weighted by Gasteiger charge is 2.30. The Morgan fingerprint density at radius 2 is 1.59 bits per heavy atom. The number of nitrogens with one attached hydrogen (secondary N) is 1. The zero-order valence-electron chi connectivity index (χ0n) is 14.1. The molecular weight excluding hydrogens is 359 g/mol. The minimum Gasteiger partial charge on any atom is -0.368 e. The van der Waals surface area contributed by atoms with Crippen LogP contribution < -0.4 is 11.1 Å². The molecule has 0 fully saturated rings. The number of alkyl halides is 3. The molecule has 0 bridgehead atoms. The molecular formula is C19H16F3N3O2. The maximum absolute atomic E-state index is 12.5. The first-order valence-corrected chi connectivity index (χ1v) is 7.93. The quantitative estimate of drug-likeness (QED) is 0.811. The molecule has 8 heteroatoms. The SMILES string of the molecule is N#Cc1ccc(C[C@@H](NC(=O)Cc2ccc(C(F)(F)F)cc2)C(N)=O)cc1. The van der Waals surface area contributed by atoms with E-state index in [0.29, 0.717) is 16.7 Å². The number of primary amides is 1. The summed E-state index contributed by atoms with van der Waals surface area (Å²) in [4.78, 5) is 23.7. The average Bonchev–Trinajstić information content (AvgIpc) is 2.61. The number of carbonyl (C=O) groups is 2. The Bertz CT molecular complexity index is 854. The summed E-state index contributed by atoms with van der Waals surface area (Å²) in [6, 6.07) is 11.7. The van der Waals surface area contributed by atoms with Gasteiger partial charge in [-0.2, -0.15) is 18.4 Å². The number of hydrogen-bond donors (Lipinski definition) is 2. The molecule has 0 aliphatic carbocycles. The molecule has 2 rings (SSSR count). The Kier molecular flexibility index (Phi) is 6.19. The molecule has 5 nitrogen and oxygen atoms in total. The lowest BCUT2D eigenvalue weighted by Crippen LogP contribution is -2.46. The summed E-state index contributed by atoms with van der Waals surface area (Å²) < 4.78 is 37.6. The lowest BCUT2D eigenvalue weighted by atomic mass is 10.0. The number of benzene rings is 2. The number of carbonyl (C=O) groups excluding carboxylic acids is 2. The Hall–Kier alpha value is -3.34. The topological polar surface area (TPSA) is 96.0 Å². The lowest BCUT2D eigenvalue weighted by molar-refractivity contribution is -0.137. The van der Waals surface area contributed by atoms with Gasteiger partial charge in [0.25, 0.3) is 0 Å². The van der Waals surface area contributed by atoms with Gasteiger partial charge in [-0.3, -0.25) is 9.59 Å². The highest BCUT2D eigenvalue weighted by Crippen LogP contribution is 2.29. The number of amides is 2. The summed E-state index contributed by atoms with van der Waals surface area (Å²) in [7, 11) is 0.